The van der Waals surface area contributed by atoms with Crippen LogP contribution < -0.4 is 20.1 Å². The van der Waals surface area contributed by atoms with Crippen LogP contribution in [0.15, 0.2) is 35.7 Å². The van der Waals surface area contributed by atoms with E-state index in [1.54, 1.807) is 26.4 Å². The van der Waals surface area contributed by atoms with Gasteiger partial charge in [-0.1, -0.05) is 6.07 Å². The van der Waals surface area contributed by atoms with Crippen molar-refractivity contribution < 1.29 is 19.1 Å². The van der Waals surface area contributed by atoms with E-state index in [4.69, 9.17) is 9.47 Å². The molecule has 2 N–H and O–H groups in total. The van der Waals surface area contributed by atoms with Crippen molar-refractivity contribution in [2.45, 2.75) is 13.0 Å². The molecule has 0 fully saturated rings. The van der Waals surface area contributed by atoms with Crippen LogP contribution in [0.2, 0.25) is 0 Å². The molecule has 7 heteroatoms. The lowest BCUT2D eigenvalue weighted by molar-refractivity contribution is -0.121. The number of hydrogen-bond acceptors (Lipinski definition) is 5. The van der Waals surface area contributed by atoms with Crippen molar-refractivity contribution in [1.29, 1.82) is 0 Å². The van der Waals surface area contributed by atoms with E-state index in [0.717, 1.165) is 5.56 Å². The number of carbonyl (C=O) groups is 2. The summed E-state index contributed by atoms with van der Waals surface area (Å²) in [5.74, 6) is 1.04. The van der Waals surface area contributed by atoms with Gasteiger partial charge in [0.15, 0.2) is 0 Å². The van der Waals surface area contributed by atoms with Crippen molar-refractivity contribution in [2.75, 3.05) is 20.8 Å². The van der Waals surface area contributed by atoms with Gasteiger partial charge < -0.3 is 20.1 Å². The van der Waals surface area contributed by atoms with Crippen molar-refractivity contribution in [2.24, 2.45) is 0 Å². The van der Waals surface area contributed by atoms with Crippen LogP contribution in [0.5, 0.6) is 11.5 Å². The molecule has 0 saturated heterocycles. The number of thiophene rings is 1. The second kappa shape index (κ2) is 8.93. The Morgan fingerprint density at radius 1 is 1.08 bits per heavy atom. The molecule has 0 aliphatic heterocycles. The lowest BCUT2D eigenvalue weighted by atomic mass is 10.2. The second-order valence-corrected chi connectivity index (χ2v) is 5.93. The number of amides is 2. The highest BCUT2D eigenvalue weighted by Gasteiger charge is 2.08. The topological polar surface area (TPSA) is 76.7 Å². The van der Waals surface area contributed by atoms with E-state index in [1.807, 2.05) is 23.6 Å². The fraction of sp³-hybridized carbons (Fsp3) is 0.294. The van der Waals surface area contributed by atoms with Crippen molar-refractivity contribution in [3.05, 3.63) is 46.2 Å². The Morgan fingerprint density at radius 2 is 1.79 bits per heavy atom. The molecule has 0 radical (unpaired) electrons. The van der Waals surface area contributed by atoms with Crippen LogP contribution in [0.25, 0.3) is 0 Å². The lowest BCUT2D eigenvalue weighted by Crippen LogP contribution is -2.30. The van der Waals surface area contributed by atoms with Crippen LogP contribution in [0.4, 0.5) is 0 Å². The third kappa shape index (κ3) is 5.27. The van der Waals surface area contributed by atoms with Gasteiger partial charge in [0.1, 0.15) is 11.5 Å². The minimum Gasteiger partial charge on any atom is -0.497 e. The number of carbonyl (C=O) groups excluding carboxylic acids is 2. The fourth-order valence-corrected chi connectivity index (χ4v) is 2.68. The minimum absolute atomic E-state index is 0.136. The SMILES string of the molecule is COc1cc(CNC(=O)CCNC(=O)c2cccs2)cc(OC)c1. The highest BCUT2D eigenvalue weighted by atomic mass is 32.1. The molecule has 0 unspecified atom stereocenters. The van der Waals surface area contributed by atoms with Gasteiger partial charge in [0.2, 0.25) is 5.91 Å². The third-order valence-corrected chi connectivity index (χ3v) is 4.15. The summed E-state index contributed by atoms with van der Waals surface area (Å²) in [6.07, 6.45) is 0.220. The normalized spacial score (nSPS) is 10.1. The summed E-state index contributed by atoms with van der Waals surface area (Å²) >= 11 is 1.37. The van der Waals surface area contributed by atoms with Gasteiger partial charge in [0, 0.05) is 25.6 Å². The first kappa shape index (κ1) is 17.8. The summed E-state index contributed by atoms with van der Waals surface area (Å²) in [6, 6.07) is 9.00. The molecule has 0 aliphatic carbocycles. The average molecular weight is 348 g/mol. The van der Waals surface area contributed by atoms with Gasteiger partial charge >= 0.3 is 0 Å². The van der Waals surface area contributed by atoms with Crippen LogP contribution in [-0.2, 0) is 11.3 Å². The highest BCUT2D eigenvalue weighted by Crippen LogP contribution is 2.22. The van der Waals surface area contributed by atoms with Crippen molar-refractivity contribution in [3.63, 3.8) is 0 Å². The summed E-state index contributed by atoms with van der Waals surface area (Å²) in [5, 5.41) is 7.37. The Bertz CT molecular complexity index is 664. The monoisotopic (exact) mass is 348 g/mol. The largest absolute Gasteiger partial charge is 0.497 e. The second-order valence-electron chi connectivity index (χ2n) is 4.98. The van der Waals surface area contributed by atoms with E-state index >= 15 is 0 Å². The minimum atomic E-state index is -0.157. The van der Waals surface area contributed by atoms with Crippen molar-refractivity contribution in [3.8, 4) is 11.5 Å². The molecule has 0 spiro atoms. The third-order valence-electron chi connectivity index (χ3n) is 3.28. The molecule has 0 aliphatic rings. The lowest BCUT2D eigenvalue weighted by Gasteiger charge is -2.10. The smallest absolute Gasteiger partial charge is 0.261 e. The fourth-order valence-electron chi connectivity index (χ4n) is 2.04. The molecule has 128 valence electrons. The quantitative estimate of drug-likeness (QED) is 0.767. The van der Waals surface area contributed by atoms with Crippen LogP contribution in [0.3, 0.4) is 0 Å². The molecule has 1 heterocycles. The summed E-state index contributed by atoms with van der Waals surface area (Å²) < 4.78 is 10.4. The predicted molar refractivity (Wildman–Crippen MR) is 92.7 cm³/mol. The van der Waals surface area contributed by atoms with Gasteiger partial charge in [-0.2, -0.15) is 0 Å². The van der Waals surface area contributed by atoms with Gasteiger partial charge in [-0.25, -0.2) is 0 Å². The van der Waals surface area contributed by atoms with E-state index in [0.29, 0.717) is 29.5 Å². The highest BCUT2D eigenvalue weighted by molar-refractivity contribution is 7.12. The van der Waals surface area contributed by atoms with E-state index < -0.39 is 0 Å². The molecule has 2 rings (SSSR count). The molecular weight excluding hydrogens is 328 g/mol. The van der Waals surface area contributed by atoms with Gasteiger partial charge in [-0.3, -0.25) is 9.59 Å². The zero-order valence-corrected chi connectivity index (χ0v) is 14.4. The van der Waals surface area contributed by atoms with Gasteiger partial charge in [0.05, 0.1) is 19.1 Å². The standard InChI is InChI=1S/C17H20N2O4S/c1-22-13-8-12(9-14(10-13)23-2)11-19-16(20)5-6-18-17(21)15-4-3-7-24-15/h3-4,7-10H,5-6,11H2,1-2H3,(H,18,21)(H,19,20). The molecule has 1 aromatic heterocycles. The summed E-state index contributed by atoms with van der Waals surface area (Å²) in [4.78, 5) is 24.3. The summed E-state index contributed by atoms with van der Waals surface area (Å²) in [6.45, 7) is 0.662. The van der Waals surface area contributed by atoms with Gasteiger partial charge in [0.25, 0.3) is 5.91 Å². The van der Waals surface area contributed by atoms with E-state index in [2.05, 4.69) is 10.6 Å². The van der Waals surface area contributed by atoms with Crippen molar-refractivity contribution in [1.82, 2.24) is 10.6 Å². The van der Waals surface area contributed by atoms with Crippen LogP contribution >= 0.6 is 11.3 Å². The predicted octanol–water partition coefficient (Wildman–Crippen LogP) is 2.20. The molecule has 1 aromatic carbocycles. The maximum absolute atomic E-state index is 11.9. The summed E-state index contributed by atoms with van der Waals surface area (Å²) in [7, 11) is 3.15. The van der Waals surface area contributed by atoms with Crippen molar-refractivity contribution >= 4 is 23.2 Å². The zero-order chi connectivity index (χ0) is 17.4. The van der Waals surface area contributed by atoms with Crippen LogP contribution in [0, 0.1) is 0 Å². The Kier molecular flexibility index (Phi) is 6.62. The van der Waals surface area contributed by atoms with Gasteiger partial charge in [-0.15, -0.1) is 11.3 Å². The molecule has 24 heavy (non-hydrogen) atoms. The zero-order valence-electron chi connectivity index (χ0n) is 13.6. The Balaban J connectivity index is 1.76. The van der Waals surface area contributed by atoms with E-state index in [9.17, 15) is 9.59 Å². The Labute approximate surface area is 144 Å². The Hall–Kier alpha value is -2.54. The number of benzene rings is 1. The van der Waals surface area contributed by atoms with Crippen LogP contribution in [0.1, 0.15) is 21.7 Å². The first-order chi connectivity index (χ1) is 11.6. The first-order valence-corrected chi connectivity index (χ1v) is 8.30. The number of methoxy groups -OCH3 is 2. The molecular formula is C17H20N2O4S. The summed E-state index contributed by atoms with van der Waals surface area (Å²) in [5.41, 5.74) is 0.877. The number of hydrogen-bond donors (Lipinski definition) is 2. The Morgan fingerprint density at radius 3 is 2.38 bits per heavy atom. The van der Waals surface area contributed by atoms with E-state index in [1.165, 1.54) is 11.3 Å². The first-order valence-electron chi connectivity index (χ1n) is 7.42. The molecule has 0 saturated carbocycles. The van der Waals surface area contributed by atoms with Gasteiger partial charge in [-0.05, 0) is 29.1 Å². The molecule has 6 nitrogen and oxygen atoms in total. The molecule has 2 amide bonds. The molecule has 2 aromatic rings. The average Bonchev–Trinajstić information content (AvgIpc) is 3.14. The number of ether oxygens (including phenoxy) is 2. The number of rotatable bonds is 8. The molecule has 0 bridgehead atoms. The maximum atomic E-state index is 11.9. The van der Waals surface area contributed by atoms with E-state index in [-0.39, 0.29) is 18.2 Å². The number of nitrogens with one attached hydrogen (secondary N) is 2. The maximum Gasteiger partial charge on any atom is 0.261 e. The van der Waals surface area contributed by atoms with Crippen LogP contribution in [-0.4, -0.2) is 32.6 Å². The molecule has 0 atom stereocenters.